The Hall–Kier alpha value is -2.50. The molecule has 0 fully saturated rings. The second-order valence-electron chi connectivity index (χ2n) is 4.32. The highest BCUT2D eigenvalue weighted by Crippen LogP contribution is 2.13. The van der Waals surface area contributed by atoms with Gasteiger partial charge in [-0.25, -0.2) is 9.18 Å². The van der Waals surface area contributed by atoms with Crippen molar-refractivity contribution in [3.05, 3.63) is 52.6 Å². The fraction of sp³-hybridized carbons (Fsp3) is 0.214. The highest BCUT2D eigenvalue weighted by atomic mass is 19.1. The zero-order valence-corrected chi connectivity index (χ0v) is 11.1. The summed E-state index contributed by atoms with van der Waals surface area (Å²) in [6.07, 6.45) is 2.38. The van der Waals surface area contributed by atoms with Crippen LogP contribution < -0.4 is 0 Å². The summed E-state index contributed by atoms with van der Waals surface area (Å²) in [6.45, 7) is 2.08. The van der Waals surface area contributed by atoms with Crippen LogP contribution in [0.2, 0.25) is 0 Å². The lowest BCUT2D eigenvalue weighted by molar-refractivity contribution is 0.0595. The molecule has 1 heterocycles. The summed E-state index contributed by atoms with van der Waals surface area (Å²) < 4.78 is 19.8. The fourth-order valence-corrected chi connectivity index (χ4v) is 1.85. The Bertz CT molecular complexity index is 664. The third kappa shape index (κ3) is 2.74. The second kappa shape index (κ2) is 5.64. The molecule has 0 bridgehead atoms. The number of hydrogen-bond donors (Lipinski definition) is 0. The minimum atomic E-state index is -0.716. The molecule has 6 heteroatoms. The molecule has 5 nitrogen and oxygen atoms in total. The van der Waals surface area contributed by atoms with Gasteiger partial charge in [0.05, 0.1) is 19.2 Å². The number of aldehydes is 1. The molecule has 0 spiro atoms. The van der Waals surface area contributed by atoms with Crippen LogP contribution in [0.25, 0.3) is 0 Å². The lowest BCUT2D eigenvalue weighted by atomic mass is 10.1. The molecule has 20 heavy (non-hydrogen) atoms. The number of hydrogen-bond acceptors (Lipinski definition) is 4. The van der Waals surface area contributed by atoms with Crippen LogP contribution in [0.15, 0.2) is 24.4 Å². The largest absolute Gasteiger partial charge is 0.465 e. The summed E-state index contributed by atoms with van der Waals surface area (Å²) in [7, 11) is 1.20. The summed E-state index contributed by atoms with van der Waals surface area (Å²) in [4.78, 5) is 22.0. The number of aromatic nitrogens is 2. The maximum Gasteiger partial charge on any atom is 0.340 e. The molecule has 0 aliphatic carbocycles. The summed E-state index contributed by atoms with van der Waals surface area (Å²) in [6, 6.07) is 4.24. The van der Waals surface area contributed by atoms with Crippen LogP contribution in [0.5, 0.6) is 0 Å². The van der Waals surface area contributed by atoms with Crippen molar-refractivity contribution in [2.45, 2.75) is 13.5 Å². The van der Waals surface area contributed by atoms with Gasteiger partial charge in [-0.15, -0.1) is 0 Å². The van der Waals surface area contributed by atoms with Gasteiger partial charge in [0.25, 0.3) is 0 Å². The van der Waals surface area contributed by atoms with E-state index >= 15 is 0 Å². The molecule has 104 valence electrons. The van der Waals surface area contributed by atoms with E-state index in [9.17, 15) is 14.0 Å². The number of halogens is 1. The molecule has 2 aromatic rings. The molecule has 0 saturated heterocycles. The van der Waals surface area contributed by atoms with Crippen LogP contribution >= 0.6 is 0 Å². The lowest BCUT2D eigenvalue weighted by Crippen LogP contribution is -2.06. The highest BCUT2D eigenvalue weighted by molar-refractivity contribution is 5.89. The molecule has 0 radical (unpaired) electrons. The maximum atomic E-state index is 13.8. The molecule has 2 rings (SSSR count). The standard InChI is InChI=1S/C14H13FN2O3/c1-9-6-17(16-13(9)8-18)7-10-3-4-11(12(15)5-10)14(19)20-2/h3-6,8H,7H2,1-2H3. The average molecular weight is 276 g/mol. The zero-order valence-electron chi connectivity index (χ0n) is 11.1. The van der Waals surface area contributed by atoms with E-state index in [1.807, 2.05) is 0 Å². The monoisotopic (exact) mass is 276 g/mol. The first-order chi connectivity index (χ1) is 9.55. The topological polar surface area (TPSA) is 61.2 Å². The van der Waals surface area contributed by atoms with Gasteiger partial charge in [-0.1, -0.05) is 6.07 Å². The normalized spacial score (nSPS) is 10.3. The quantitative estimate of drug-likeness (QED) is 0.633. The van der Waals surface area contributed by atoms with Gasteiger partial charge < -0.3 is 4.74 Å². The number of carbonyl (C=O) groups excluding carboxylic acids is 2. The molecule has 0 aliphatic rings. The molecule has 0 atom stereocenters. The third-order valence-corrected chi connectivity index (χ3v) is 2.88. The van der Waals surface area contributed by atoms with Gasteiger partial charge >= 0.3 is 5.97 Å². The SMILES string of the molecule is COC(=O)c1ccc(Cn2cc(C)c(C=O)n2)cc1F. The van der Waals surface area contributed by atoms with Crippen LogP contribution in [0.3, 0.4) is 0 Å². The first-order valence-electron chi connectivity index (χ1n) is 5.91. The van der Waals surface area contributed by atoms with Crippen molar-refractivity contribution in [3.8, 4) is 0 Å². The first-order valence-corrected chi connectivity index (χ1v) is 5.91. The van der Waals surface area contributed by atoms with Crippen LogP contribution in [-0.4, -0.2) is 29.1 Å². The van der Waals surface area contributed by atoms with Crippen LogP contribution in [0, 0.1) is 12.7 Å². The number of esters is 1. The molecule has 1 aromatic carbocycles. The summed E-state index contributed by atoms with van der Waals surface area (Å²) in [5.74, 6) is -1.36. The first kappa shape index (κ1) is 13.9. The van der Waals surface area contributed by atoms with E-state index in [0.29, 0.717) is 24.1 Å². The van der Waals surface area contributed by atoms with Gasteiger partial charge in [0, 0.05) is 6.20 Å². The van der Waals surface area contributed by atoms with Crippen molar-refractivity contribution in [1.82, 2.24) is 9.78 Å². The van der Waals surface area contributed by atoms with Crippen LogP contribution in [-0.2, 0) is 11.3 Å². The summed E-state index contributed by atoms with van der Waals surface area (Å²) in [5, 5.41) is 4.06. The van der Waals surface area contributed by atoms with E-state index in [1.54, 1.807) is 23.9 Å². The van der Waals surface area contributed by atoms with Crippen molar-refractivity contribution < 1.29 is 18.7 Å². The van der Waals surface area contributed by atoms with Crippen LogP contribution in [0.1, 0.15) is 32.0 Å². The van der Waals surface area contributed by atoms with E-state index in [1.165, 1.54) is 19.2 Å². The van der Waals surface area contributed by atoms with Gasteiger partial charge in [0.2, 0.25) is 0 Å². The average Bonchev–Trinajstić information content (AvgIpc) is 2.78. The Morgan fingerprint density at radius 1 is 1.50 bits per heavy atom. The van der Waals surface area contributed by atoms with Gasteiger partial charge in [-0.05, 0) is 30.2 Å². The zero-order chi connectivity index (χ0) is 14.7. The van der Waals surface area contributed by atoms with E-state index in [-0.39, 0.29) is 5.56 Å². The van der Waals surface area contributed by atoms with Crippen molar-refractivity contribution in [3.63, 3.8) is 0 Å². The molecular formula is C14H13FN2O3. The number of methoxy groups -OCH3 is 1. The Kier molecular flexibility index (Phi) is 3.93. The molecule has 1 aromatic heterocycles. The number of rotatable bonds is 4. The van der Waals surface area contributed by atoms with Gasteiger partial charge in [-0.2, -0.15) is 5.10 Å². The van der Waals surface area contributed by atoms with Gasteiger partial charge in [-0.3, -0.25) is 9.48 Å². The number of carbonyl (C=O) groups is 2. The minimum absolute atomic E-state index is 0.110. The van der Waals surface area contributed by atoms with E-state index in [0.717, 1.165) is 5.56 Å². The Balaban J connectivity index is 2.23. The van der Waals surface area contributed by atoms with Crippen LogP contribution in [0.4, 0.5) is 4.39 Å². The molecule has 0 N–H and O–H groups in total. The highest BCUT2D eigenvalue weighted by Gasteiger charge is 2.12. The molecule has 0 amide bonds. The Morgan fingerprint density at radius 3 is 2.80 bits per heavy atom. The summed E-state index contributed by atoms with van der Waals surface area (Å²) >= 11 is 0. The number of ether oxygens (including phenoxy) is 1. The van der Waals surface area contributed by atoms with E-state index < -0.39 is 11.8 Å². The van der Waals surface area contributed by atoms with Crippen molar-refractivity contribution >= 4 is 12.3 Å². The molecular weight excluding hydrogens is 263 g/mol. The minimum Gasteiger partial charge on any atom is -0.465 e. The smallest absolute Gasteiger partial charge is 0.340 e. The third-order valence-electron chi connectivity index (χ3n) is 2.88. The fourth-order valence-electron chi connectivity index (χ4n) is 1.85. The molecule has 0 aliphatic heterocycles. The maximum absolute atomic E-state index is 13.8. The van der Waals surface area contributed by atoms with E-state index in [2.05, 4.69) is 9.84 Å². The van der Waals surface area contributed by atoms with Gasteiger partial charge in [0.1, 0.15) is 11.5 Å². The van der Waals surface area contributed by atoms with E-state index in [4.69, 9.17) is 0 Å². The van der Waals surface area contributed by atoms with Gasteiger partial charge in [0.15, 0.2) is 6.29 Å². The number of benzene rings is 1. The summed E-state index contributed by atoms with van der Waals surface area (Å²) in [5.41, 5.74) is 1.64. The van der Waals surface area contributed by atoms with Crippen molar-refractivity contribution in [2.24, 2.45) is 0 Å². The predicted molar refractivity (Wildman–Crippen MR) is 69.2 cm³/mol. The molecule has 0 saturated carbocycles. The van der Waals surface area contributed by atoms with Crippen molar-refractivity contribution in [2.75, 3.05) is 7.11 Å². The predicted octanol–water partition coefficient (Wildman–Crippen LogP) is 1.98. The number of aryl methyl sites for hydroxylation is 1. The lowest BCUT2D eigenvalue weighted by Gasteiger charge is -2.05. The Morgan fingerprint density at radius 2 is 2.25 bits per heavy atom. The molecule has 0 unspecified atom stereocenters. The second-order valence-corrected chi connectivity index (χ2v) is 4.32. The Labute approximate surface area is 115 Å². The number of nitrogens with zero attached hydrogens (tertiary/aromatic N) is 2. The van der Waals surface area contributed by atoms with Crippen molar-refractivity contribution in [1.29, 1.82) is 0 Å².